The molecule has 2 N–H and O–H groups in total. The Balaban J connectivity index is 2.14. The quantitative estimate of drug-likeness (QED) is 0.841. The number of carbonyl (C=O) groups is 1. The van der Waals surface area contributed by atoms with Crippen molar-refractivity contribution in [2.75, 3.05) is 17.7 Å². The Morgan fingerprint density at radius 2 is 2.24 bits per heavy atom. The summed E-state index contributed by atoms with van der Waals surface area (Å²) in [4.78, 5) is 15.9. The van der Waals surface area contributed by atoms with E-state index < -0.39 is 0 Å². The van der Waals surface area contributed by atoms with E-state index in [0.29, 0.717) is 23.0 Å². The van der Waals surface area contributed by atoms with E-state index in [2.05, 4.69) is 20.8 Å². The van der Waals surface area contributed by atoms with Crippen LogP contribution in [-0.4, -0.2) is 23.1 Å². The molecule has 0 fully saturated rings. The van der Waals surface area contributed by atoms with Crippen LogP contribution in [0.1, 0.15) is 16.1 Å². The molecule has 0 bridgehead atoms. The van der Waals surface area contributed by atoms with Crippen LogP contribution in [0, 0.1) is 6.92 Å². The highest BCUT2D eigenvalue weighted by Crippen LogP contribution is 2.12. The lowest BCUT2D eigenvalue weighted by Crippen LogP contribution is -2.11. The van der Waals surface area contributed by atoms with Crippen molar-refractivity contribution in [1.29, 1.82) is 0 Å². The molecule has 17 heavy (non-hydrogen) atoms. The normalized spacial score (nSPS) is 10.0. The maximum Gasteiger partial charge on any atom is 0.258 e. The number of aryl methyl sites for hydroxylation is 1. The van der Waals surface area contributed by atoms with Crippen LogP contribution in [0.15, 0.2) is 28.9 Å². The third kappa shape index (κ3) is 2.60. The van der Waals surface area contributed by atoms with E-state index in [-0.39, 0.29) is 5.91 Å². The van der Waals surface area contributed by atoms with Crippen molar-refractivity contribution in [1.82, 2.24) is 10.1 Å². The second-order valence-electron chi connectivity index (χ2n) is 3.47. The fourth-order valence-electron chi connectivity index (χ4n) is 1.32. The highest BCUT2D eigenvalue weighted by Gasteiger charge is 2.09. The second kappa shape index (κ2) is 4.65. The zero-order chi connectivity index (χ0) is 12.3. The van der Waals surface area contributed by atoms with Crippen molar-refractivity contribution < 1.29 is 9.32 Å². The Hall–Kier alpha value is -2.37. The van der Waals surface area contributed by atoms with Crippen LogP contribution in [0.25, 0.3) is 0 Å². The summed E-state index contributed by atoms with van der Waals surface area (Å²) in [5, 5.41) is 9.15. The number of nitrogens with one attached hydrogen (secondary N) is 2. The van der Waals surface area contributed by atoms with Gasteiger partial charge in [0.15, 0.2) is 0 Å². The zero-order valence-electron chi connectivity index (χ0n) is 9.52. The van der Waals surface area contributed by atoms with E-state index in [4.69, 9.17) is 4.52 Å². The number of hydrogen-bond acceptors (Lipinski definition) is 5. The van der Waals surface area contributed by atoms with E-state index in [9.17, 15) is 4.79 Å². The Morgan fingerprint density at radius 3 is 2.88 bits per heavy atom. The Kier molecular flexibility index (Phi) is 3.04. The number of nitrogens with zero attached hydrogens (tertiary/aromatic N) is 2. The number of pyridine rings is 1. The molecule has 0 saturated heterocycles. The molecule has 2 aromatic heterocycles. The molecule has 2 heterocycles. The van der Waals surface area contributed by atoms with Crippen LogP contribution in [0.4, 0.5) is 11.7 Å². The van der Waals surface area contributed by atoms with Gasteiger partial charge in [0.25, 0.3) is 5.91 Å². The number of amides is 1. The summed E-state index contributed by atoms with van der Waals surface area (Å²) in [5.74, 6) is 0.696. The molecule has 0 aromatic carbocycles. The van der Waals surface area contributed by atoms with Crippen LogP contribution < -0.4 is 10.6 Å². The third-order valence-electron chi connectivity index (χ3n) is 2.14. The molecule has 0 atom stereocenters. The van der Waals surface area contributed by atoms with Gasteiger partial charge in [-0.05, 0) is 19.1 Å². The molecule has 6 heteroatoms. The van der Waals surface area contributed by atoms with Gasteiger partial charge >= 0.3 is 0 Å². The van der Waals surface area contributed by atoms with Gasteiger partial charge in [-0.1, -0.05) is 5.16 Å². The van der Waals surface area contributed by atoms with Gasteiger partial charge in [0, 0.05) is 24.9 Å². The topological polar surface area (TPSA) is 80.0 Å². The molecule has 2 rings (SSSR count). The summed E-state index contributed by atoms with van der Waals surface area (Å²) in [7, 11) is 1.74. The molecule has 0 radical (unpaired) electrons. The zero-order valence-corrected chi connectivity index (χ0v) is 9.52. The Labute approximate surface area is 98.0 Å². The molecular weight excluding hydrogens is 220 g/mol. The van der Waals surface area contributed by atoms with Crippen molar-refractivity contribution >= 4 is 17.6 Å². The first kappa shape index (κ1) is 11.1. The average Bonchev–Trinajstić information content (AvgIpc) is 2.75. The monoisotopic (exact) mass is 232 g/mol. The molecule has 2 aromatic rings. The van der Waals surface area contributed by atoms with Gasteiger partial charge in [-0.3, -0.25) is 10.1 Å². The first-order valence-electron chi connectivity index (χ1n) is 5.07. The summed E-state index contributed by atoms with van der Waals surface area (Å²) in [5.41, 5.74) is 1.21. The van der Waals surface area contributed by atoms with Gasteiger partial charge in [0.05, 0.1) is 5.69 Å². The minimum atomic E-state index is -0.264. The van der Waals surface area contributed by atoms with Crippen LogP contribution in [0.3, 0.4) is 0 Å². The highest BCUT2D eigenvalue weighted by atomic mass is 16.5. The molecular formula is C11H12N4O2. The van der Waals surface area contributed by atoms with Crippen LogP contribution in [0.5, 0.6) is 0 Å². The number of aromatic nitrogens is 2. The summed E-state index contributed by atoms with van der Waals surface area (Å²) >= 11 is 0. The van der Waals surface area contributed by atoms with Crippen LogP contribution >= 0.6 is 0 Å². The number of carbonyl (C=O) groups excluding carboxylic acids is 1. The molecule has 0 aliphatic heterocycles. The minimum absolute atomic E-state index is 0.264. The predicted molar refractivity (Wildman–Crippen MR) is 63.0 cm³/mol. The van der Waals surface area contributed by atoms with Crippen LogP contribution in [-0.2, 0) is 0 Å². The molecule has 0 aliphatic carbocycles. The number of rotatable bonds is 3. The van der Waals surface area contributed by atoms with Gasteiger partial charge in [0.1, 0.15) is 5.82 Å². The third-order valence-corrected chi connectivity index (χ3v) is 2.14. The van der Waals surface area contributed by atoms with Crippen molar-refractivity contribution in [3.05, 3.63) is 35.7 Å². The SMILES string of the molecule is CNc1cc(C(=O)Nc2cc(C)no2)ccn1. The first-order valence-corrected chi connectivity index (χ1v) is 5.07. The van der Waals surface area contributed by atoms with Crippen molar-refractivity contribution in [3.8, 4) is 0 Å². The lowest BCUT2D eigenvalue weighted by molar-refractivity contribution is 0.102. The van der Waals surface area contributed by atoms with Gasteiger partial charge < -0.3 is 9.84 Å². The molecule has 0 unspecified atom stereocenters. The van der Waals surface area contributed by atoms with E-state index in [1.807, 2.05) is 0 Å². The summed E-state index contributed by atoms with van der Waals surface area (Å²) in [6.07, 6.45) is 1.56. The maximum atomic E-state index is 11.8. The fourth-order valence-corrected chi connectivity index (χ4v) is 1.32. The van der Waals surface area contributed by atoms with E-state index in [1.54, 1.807) is 38.4 Å². The van der Waals surface area contributed by atoms with Crippen molar-refractivity contribution in [2.45, 2.75) is 6.92 Å². The number of hydrogen-bond donors (Lipinski definition) is 2. The Bertz CT molecular complexity index is 536. The van der Waals surface area contributed by atoms with Gasteiger partial charge in [-0.25, -0.2) is 4.98 Å². The lowest BCUT2D eigenvalue weighted by Gasteiger charge is -2.03. The largest absolute Gasteiger partial charge is 0.373 e. The average molecular weight is 232 g/mol. The van der Waals surface area contributed by atoms with Gasteiger partial charge in [-0.2, -0.15) is 0 Å². The molecule has 0 aliphatic rings. The van der Waals surface area contributed by atoms with E-state index >= 15 is 0 Å². The standard InChI is InChI=1S/C11H12N4O2/c1-7-5-10(17-15-7)14-11(16)8-3-4-13-9(6-8)12-2/h3-6H,1-2H3,(H,12,13)(H,14,16). The summed E-state index contributed by atoms with van der Waals surface area (Å²) in [6.45, 7) is 1.78. The maximum absolute atomic E-state index is 11.8. The summed E-state index contributed by atoms with van der Waals surface area (Å²) in [6, 6.07) is 4.93. The van der Waals surface area contributed by atoms with E-state index in [0.717, 1.165) is 0 Å². The molecule has 0 saturated carbocycles. The molecule has 88 valence electrons. The molecule has 0 spiro atoms. The first-order chi connectivity index (χ1) is 8.19. The fraction of sp³-hybridized carbons (Fsp3) is 0.182. The predicted octanol–water partition coefficient (Wildman–Crippen LogP) is 1.67. The van der Waals surface area contributed by atoms with Gasteiger partial charge in [-0.15, -0.1) is 0 Å². The minimum Gasteiger partial charge on any atom is -0.373 e. The van der Waals surface area contributed by atoms with Crippen LogP contribution in [0.2, 0.25) is 0 Å². The van der Waals surface area contributed by atoms with Crippen molar-refractivity contribution in [2.24, 2.45) is 0 Å². The lowest BCUT2D eigenvalue weighted by atomic mass is 10.2. The molecule has 1 amide bonds. The second-order valence-corrected chi connectivity index (χ2v) is 3.47. The number of anilines is 2. The molecule has 6 nitrogen and oxygen atoms in total. The van der Waals surface area contributed by atoms with E-state index in [1.165, 1.54) is 0 Å². The Morgan fingerprint density at radius 1 is 1.41 bits per heavy atom. The van der Waals surface area contributed by atoms with Crippen molar-refractivity contribution in [3.63, 3.8) is 0 Å². The summed E-state index contributed by atoms with van der Waals surface area (Å²) < 4.78 is 4.90. The highest BCUT2D eigenvalue weighted by molar-refractivity contribution is 6.03. The van der Waals surface area contributed by atoms with Gasteiger partial charge in [0.2, 0.25) is 5.88 Å². The smallest absolute Gasteiger partial charge is 0.258 e.